The number of amides is 1. The summed E-state index contributed by atoms with van der Waals surface area (Å²) in [4.78, 5) is 11.7. The molecule has 0 saturated heterocycles. The van der Waals surface area contributed by atoms with Crippen LogP contribution in [-0.2, 0) is 4.74 Å². The molecule has 0 aromatic heterocycles. The normalized spacial score (nSPS) is 14.0. The predicted molar refractivity (Wildman–Crippen MR) is 92.9 cm³/mol. The third-order valence-corrected chi connectivity index (χ3v) is 3.36. The lowest BCUT2D eigenvalue weighted by Gasteiger charge is -2.25. The van der Waals surface area contributed by atoms with Crippen LogP contribution in [-0.4, -0.2) is 31.4 Å². The van der Waals surface area contributed by atoms with Crippen LogP contribution in [0.3, 0.4) is 0 Å². The SMILES string of the molecule is CCC(NC(C)CNC(=O)OC(C)(C)C)c1ccccc1OC. The number of hydrogen-bond acceptors (Lipinski definition) is 4. The Bertz CT molecular complexity index is 497. The van der Waals surface area contributed by atoms with E-state index < -0.39 is 11.7 Å². The van der Waals surface area contributed by atoms with Crippen LogP contribution in [0, 0.1) is 0 Å². The minimum Gasteiger partial charge on any atom is -0.496 e. The Hall–Kier alpha value is -1.75. The van der Waals surface area contributed by atoms with Crippen molar-refractivity contribution in [2.75, 3.05) is 13.7 Å². The summed E-state index contributed by atoms with van der Waals surface area (Å²) in [5.74, 6) is 0.874. The van der Waals surface area contributed by atoms with Crippen LogP contribution in [0.25, 0.3) is 0 Å². The van der Waals surface area contributed by atoms with Gasteiger partial charge in [0.15, 0.2) is 0 Å². The molecule has 1 rings (SSSR count). The van der Waals surface area contributed by atoms with Gasteiger partial charge in [0.1, 0.15) is 11.4 Å². The summed E-state index contributed by atoms with van der Waals surface area (Å²) in [7, 11) is 1.68. The van der Waals surface area contributed by atoms with E-state index in [9.17, 15) is 4.79 Å². The maximum Gasteiger partial charge on any atom is 0.407 e. The van der Waals surface area contributed by atoms with Gasteiger partial charge < -0.3 is 20.1 Å². The second-order valence-electron chi connectivity index (χ2n) is 6.65. The fraction of sp³-hybridized carbons (Fsp3) is 0.611. The van der Waals surface area contributed by atoms with Crippen molar-refractivity contribution < 1.29 is 14.3 Å². The number of carbonyl (C=O) groups excluding carboxylic acids is 1. The zero-order valence-corrected chi connectivity index (χ0v) is 15.1. The van der Waals surface area contributed by atoms with Crippen molar-refractivity contribution in [2.45, 2.75) is 58.7 Å². The summed E-state index contributed by atoms with van der Waals surface area (Å²) in [6.45, 7) is 10.2. The highest BCUT2D eigenvalue weighted by Crippen LogP contribution is 2.27. The zero-order valence-electron chi connectivity index (χ0n) is 15.1. The van der Waals surface area contributed by atoms with E-state index in [1.54, 1.807) is 7.11 Å². The molecule has 5 nitrogen and oxygen atoms in total. The molecule has 0 bridgehead atoms. The maximum atomic E-state index is 11.7. The smallest absolute Gasteiger partial charge is 0.407 e. The molecule has 0 heterocycles. The topological polar surface area (TPSA) is 59.6 Å². The standard InChI is InChI=1S/C18H30N2O3/c1-7-15(14-10-8-9-11-16(14)22-6)20-13(2)12-19-17(21)23-18(3,4)5/h8-11,13,15,20H,7,12H2,1-6H3,(H,19,21). The highest BCUT2D eigenvalue weighted by molar-refractivity contribution is 5.67. The highest BCUT2D eigenvalue weighted by atomic mass is 16.6. The largest absolute Gasteiger partial charge is 0.496 e. The van der Waals surface area contributed by atoms with Crippen LogP contribution in [0.15, 0.2) is 24.3 Å². The minimum absolute atomic E-state index is 0.109. The summed E-state index contributed by atoms with van der Waals surface area (Å²) in [5, 5.41) is 6.32. The van der Waals surface area contributed by atoms with E-state index in [-0.39, 0.29) is 12.1 Å². The molecule has 1 aromatic carbocycles. The molecule has 0 aliphatic heterocycles. The van der Waals surface area contributed by atoms with Crippen molar-refractivity contribution >= 4 is 6.09 Å². The van der Waals surface area contributed by atoms with E-state index in [0.29, 0.717) is 6.54 Å². The van der Waals surface area contributed by atoms with Crippen molar-refractivity contribution in [3.05, 3.63) is 29.8 Å². The summed E-state index contributed by atoms with van der Waals surface area (Å²) in [6.07, 6.45) is 0.536. The van der Waals surface area contributed by atoms with Gasteiger partial charge in [-0.1, -0.05) is 25.1 Å². The predicted octanol–water partition coefficient (Wildman–Crippen LogP) is 3.65. The number of ether oxygens (including phenoxy) is 2. The number of carbonyl (C=O) groups is 1. The highest BCUT2D eigenvalue weighted by Gasteiger charge is 2.19. The second-order valence-corrected chi connectivity index (χ2v) is 6.65. The van der Waals surface area contributed by atoms with Crippen LogP contribution in [0.2, 0.25) is 0 Å². The van der Waals surface area contributed by atoms with Gasteiger partial charge in [-0.3, -0.25) is 0 Å². The molecule has 0 fully saturated rings. The van der Waals surface area contributed by atoms with Crippen molar-refractivity contribution in [3.8, 4) is 5.75 Å². The lowest BCUT2D eigenvalue weighted by atomic mass is 10.0. The molecule has 0 aliphatic rings. The molecule has 2 unspecified atom stereocenters. The Kier molecular flexibility index (Phi) is 7.36. The number of nitrogens with one attached hydrogen (secondary N) is 2. The maximum absolute atomic E-state index is 11.7. The molecule has 0 radical (unpaired) electrons. The Labute approximate surface area is 139 Å². The second kappa shape index (κ2) is 8.77. The zero-order chi connectivity index (χ0) is 17.5. The van der Waals surface area contributed by atoms with Crippen LogP contribution in [0.4, 0.5) is 4.79 Å². The Morgan fingerprint density at radius 2 is 1.91 bits per heavy atom. The molecule has 0 spiro atoms. The Balaban J connectivity index is 2.57. The molecule has 130 valence electrons. The summed E-state index contributed by atoms with van der Waals surface area (Å²) < 4.78 is 10.7. The summed E-state index contributed by atoms with van der Waals surface area (Å²) in [5.41, 5.74) is 0.644. The van der Waals surface area contributed by atoms with Gasteiger partial charge in [-0.05, 0) is 40.2 Å². The van der Waals surface area contributed by atoms with E-state index in [0.717, 1.165) is 17.7 Å². The molecule has 1 amide bonds. The number of hydrogen-bond donors (Lipinski definition) is 2. The monoisotopic (exact) mass is 322 g/mol. The molecule has 23 heavy (non-hydrogen) atoms. The Morgan fingerprint density at radius 1 is 1.26 bits per heavy atom. The molecule has 1 aromatic rings. The van der Waals surface area contributed by atoms with Gasteiger partial charge >= 0.3 is 6.09 Å². The fourth-order valence-electron chi connectivity index (χ4n) is 2.33. The Morgan fingerprint density at radius 3 is 2.48 bits per heavy atom. The third-order valence-electron chi connectivity index (χ3n) is 3.36. The van der Waals surface area contributed by atoms with Crippen molar-refractivity contribution in [1.29, 1.82) is 0 Å². The van der Waals surface area contributed by atoms with Crippen molar-refractivity contribution in [3.63, 3.8) is 0 Å². The lowest BCUT2D eigenvalue weighted by Crippen LogP contribution is -2.42. The first kappa shape index (κ1) is 19.3. The summed E-state index contributed by atoms with van der Waals surface area (Å²) >= 11 is 0. The lowest BCUT2D eigenvalue weighted by molar-refractivity contribution is 0.0522. The fourth-order valence-corrected chi connectivity index (χ4v) is 2.33. The number of methoxy groups -OCH3 is 1. The van der Waals surface area contributed by atoms with Gasteiger partial charge in [0.05, 0.1) is 7.11 Å². The van der Waals surface area contributed by atoms with Crippen molar-refractivity contribution in [2.24, 2.45) is 0 Å². The quantitative estimate of drug-likeness (QED) is 0.804. The average Bonchev–Trinajstić information content (AvgIpc) is 2.49. The van der Waals surface area contributed by atoms with E-state index in [1.165, 1.54) is 0 Å². The number of rotatable bonds is 7. The molecular formula is C18H30N2O3. The van der Waals surface area contributed by atoms with Crippen LogP contribution in [0.5, 0.6) is 5.75 Å². The molecule has 5 heteroatoms. The molecule has 0 aliphatic carbocycles. The van der Waals surface area contributed by atoms with Gasteiger partial charge in [0.2, 0.25) is 0 Å². The van der Waals surface area contributed by atoms with E-state index in [4.69, 9.17) is 9.47 Å². The van der Waals surface area contributed by atoms with E-state index in [2.05, 4.69) is 23.6 Å². The van der Waals surface area contributed by atoms with E-state index >= 15 is 0 Å². The molecular weight excluding hydrogens is 292 g/mol. The first-order chi connectivity index (χ1) is 10.8. The van der Waals surface area contributed by atoms with Crippen LogP contribution in [0.1, 0.15) is 52.6 Å². The first-order valence-corrected chi connectivity index (χ1v) is 8.12. The van der Waals surface area contributed by atoms with E-state index in [1.807, 2.05) is 45.9 Å². The van der Waals surface area contributed by atoms with Gasteiger partial charge in [0.25, 0.3) is 0 Å². The van der Waals surface area contributed by atoms with Gasteiger partial charge in [-0.15, -0.1) is 0 Å². The van der Waals surface area contributed by atoms with Gasteiger partial charge in [-0.2, -0.15) is 0 Å². The number of benzene rings is 1. The molecule has 0 saturated carbocycles. The van der Waals surface area contributed by atoms with Crippen molar-refractivity contribution in [1.82, 2.24) is 10.6 Å². The minimum atomic E-state index is -0.482. The summed E-state index contributed by atoms with van der Waals surface area (Å²) in [6, 6.07) is 8.27. The molecule has 2 N–H and O–H groups in total. The van der Waals surface area contributed by atoms with Gasteiger partial charge in [0, 0.05) is 24.2 Å². The first-order valence-electron chi connectivity index (χ1n) is 8.12. The third kappa shape index (κ3) is 6.91. The average molecular weight is 322 g/mol. The van der Waals surface area contributed by atoms with Crippen LogP contribution >= 0.6 is 0 Å². The van der Waals surface area contributed by atoms with Gasteiger partial charge in [-0.25, -0.2) is 4.79 Å². The number of alkyl carbamates (subject to hydrolysis) is 1. The molecule has 2 atom stereocenters. The van der Waals surface area contributed by atoms with Crippen LogP contribution < -0.4 is 15.4 Å². The number of para-hydroxylation sites is 1.